The number of halogens is 1. The summed E-state index contributed by atoms with van der Waals surface area (Å²) >= 11 is 0. The van der Waals surface area contributed by atoms with Gasteiger partial charge in [-0.3, -0.25) is 4.79 Å². The lowest BCUT2D eigenvalue weighted by Crippen LogP contribution is -2.16. The normalized spacial score (nSPS) is 12.0. The molecule has 0 fully saturated rings. The predicted octanol–water partition coefficient (Wildman–Crippen LogP) is 3.85. The summed E-state index contributed by atoms with van der Waals surface area (Å²) in [6.45, 7) is 3.72. The third kappa shape index (κ3) is 3.81. The van der Waals surface area contributed by atoms with Crippen LogP contribution in [0.15, 0.2) is 42.5 Å². The van der Waals surface area contributed by atoms with Crippen molar-refractivity contribution in [2.45, 2.75) is 26.2 Å². The molecule has 4 heteroatoms. The first-order valence-corrected chi connectivity index (χ1v) is 6.87. The van der Waals surface area contributed by atoms with E-state index < -0.39 is 5.82 Å². The molecule has 0 aliphatic heterocycles. The minimum absolute atomic E-state index is 0.0395. The first-order valence-electron chi connectivity index (χ1n) is 6.87. The molecule has 0 saturated heterocycles. The maximum absolute atomic E-state index is 13.7. The van der Waals surface area contributed by atoms with Gasteiger partial charge in [-0.25, -0.2) is 4.39 Å². The lowest BCUT2D eigenvalue weighted by atomic mass is 9.97. The van der Waals surface area contributed by atoms with Gasteiger partial charge in [0.25, 0.3) is 0 Å². The van der Waals surface area contributed by atoms with E-state index in [9.17, 15) is 9.18 Å². The summed E-state index contributed by atoms with van der Waals surface area (Å²) in [5, 5.41) is 2.65. The first kappa shape index (κ1) is 15.0. The standard InChI is InChI=1S/C17H19FN2O/c1-11-4-3-5-15(18)17(11)20-16(21)10-12(2)13-6-8-14(19)9-7-13/h3-9,12H,10,19H2,1-2H3,(H,20,21). The number of rotatable bonds is 4. The van der Waals surface area contributed by atoms with Crippen molar-refractivity contribution in [1.29, 1.82) is 0 Å². The number of nitrogen functional groups attached to an aromatic ring is 1. The van der Waals surface area contributed by atoms with Gasteiger partial charge in [0.1, 0.15) is 5.82 Å². The molecular weight excluding hydrogens is 267 g/mol. The number of benzene rings is 2. The molecule has 2 aromatic rings. The van der Waals surface area contributed by atoms with Crippen molar-refractivity contribution in [3.63, 3.8) is 0 Å². The SMILES string of the molecule is Cc1cccc(F)c1NC(=O)CC(C)c1ccc(N)cc1. The minimum atomic E-state index is -0.413. The molecule has 2 aromatic carbocycles. The van der Waals surface area contributed by atoms with Gasteiger partial charge in [0, 0.05) is 12.1 Å². The zero-order valence-electron chi connectivity index (χ0n) is 12.2. The molecule has 21 heavy (non-hydrogen) atoms. The second-order valence-corrected chi connectivity index (χ2v) is 5.25. The summed E-state index contributed by atoms with van der Waals surface area (Å²) in [5.74, 6) is -0.575. The summed E-state index contributed by atoms with van der Waals surface area (Å²) < 4.78 is 13.7. The predicted molar refractivity (Wildman–Crippen MR) is 83.7 cm³/mol. The van der Waals surface area contributed by atoms with Gasteiger partial charge in [-0.2, -0.15) is 0 Å². The Bertz CT molecular complexity index is 617. The molecule has 1 atom stereocenters. The Hall–Kier alpha value is -2.36. The van der Waals surface area contributed by atoms with Crippen molar-refractivity contribution < 1.29 is 9.18 Å². The Morgan fingerprint density at radius 2 is 1.90 bits per heavy atom. The van der Waals surface area contributed by atoms with Crippen molar-refractivity contribution in [2.75, 3.05) is 11.1 Å². The Balaban J connectivity index is 2.03. The van der Waals surface area contributed by atoms with E-state index in [0.29, 0.717) is 11.3 Å². The number of nitrogens with one attached hydrogen (secondary N) is 1. The number of carbonyl (C=O) groups is 1. The molecule has 0 radical (unpaired) electrons. The summed E-state index contributed by atoms with van der Waals surface area (Å²) in [4.78, 5) is 12.1. The zero-order chi connectivity index (χ0) is 15.4. The second kappa shape index (κ2) is 6.39. The van der Waals surface area contributed by atoms with Crippen molar-refractivity contribution in [2.24, 2.45) is 0 Å². The molecule has 0 aliphatic rings. The second-order valence-electron chi connectivity index (χ2n) is 5.25. The van der Waals surface area contributed by atoms with Crippen LogP contribution >= 0.6 is 0 Å². The lowest BCUT2D eigenvalue weighted by molar-refractivity contribution is -0.116. The van der Waals surface area contributed by atoms with Crippen molar-refractivity contribution in [1.82, 2.24) is 0 Å². The smallest absolute Gasteiger partial charge is 0.225 e. The number of hydrogen-bond donors (Lipinski definition) is 2. The Labute approximate surface area is 124 Å². The van der Waals surface area contributed by atoms with Crippen LogP contribution in [0.3, 0.4) is 0 Å². The van der Waals surface area contributed by atoms with E-state index in [-0.39, 0.29) is 23.9 Å². The Morgan fingerprint density at radius 1 is 1.24 bits per heavy atom. The number of amides is 1. The molecule has 1 amide bonds. The van der Waals surface area contributed by atoms with E-state index in [2.05, 4.69) is 5.32 Å². The fraction of sp³-hybridized carbons (Fsp3) is 0.235. The first-order chi connectivity index (χ1) is 9.97. The van der Waals surface area contributed by atoms with Crippen LogP contribution in [-0.2, 0) is 4.79 Å². The van der Waals surface area contributed by atoms with Crippen LogP contribution in [0, 0.1) is 12.7 Å². The Kier molecular flexibility index (Phi) is 4.58. The molecule has 3 nitrogen and oxygen atoms in total. The molecule has 1 unspecified atom stereocenters. The van der Waals surface area contributed by atoms with Crippen molar-refractivity contribution in [3.05, 3.63) is 59.4 Å². The van der Waals surface area contributed by atoms with Crippen LogP contribution in [0.4, 0.5) is 15.8 Å². The van der Waals surface area contributed by atoms with E-state index in [1.54, 1.807) is 19.1 Å². The molecule has 0 heterocycles. The number of nitrogens with two attached hydrogens (primary N) is 1. The van der Waals surface area contributed by atoms with Gasteiger partial charge in [-0.05, 0) is 42.2 Å². The summed E-state index contributed by atoms with van der Waals surface area (Å²) in [7, 11) is 0. The lowest BCUT2D eigenvalue weighted by Gasteiger charge is -2.14. The summed E-state index contributed by atoms with van der Waals surface area (Å²) in [6.07, 6.45) is 0.289. The molecule has 3 N–H and O–H groups in total. The van der Waals surface area contributed by atoms with Gasteiger partial charge in [0.15, 0.2) is 0 Å². The molecule has 0 saturated carbocycles. The van der Waals surface area contributed by atoms with Crippen LogP contribution in [0.2, 0.25) is 0 Å². The quantitative estimate of drug-likeness (QED) is 0.839. The minimum Gasteiger partial charge on any atom is -0.399 e. The number of para-hydroxylation sites is 1. The third-order valence-corrected chi connectivity index (χ3v) is 3.48. The molecule has 0 aromatic heterocycles. The van der Waals surface area contributed by atoms with Crippen LogP contribution < -0.4 is 11.1 Å². The highest BCUT2D eigenvalue weighted by atomic mass is 19.1. The van der Waals surface area contributed by atoms with Crippen LogP contribution in [0.1, 0.15) is 30.4 Å². The highest BCUT2D eigenvalue weighted by Crippen LogP contribution is 2.23. The molecular formula is C17H19FN2O. The Morgan fingerprint density at radius 3 is 2.52 bits per heavy atom. The summed E-state index contributed by atoms with van der Waals surface area (Å²) in [6, 6.07) is 12.2. The van der Waals surface area contributed by atoms with Crippen LogP contribution in [-0.4, -0.2) is 5.91 Å². The maximum Gasteiger partial charge on any atom is 0.225 e. The summed E-state index contributed by atoms with van der Waals surface area (Å²) in [5.41, 5.74) is 8.33. The fourth-order valence-electron chi connectivity index (χ4n) is 2.20. The zero-order valence-corrected chi connectivity index (χ0v) is 12.2. The molecule has 0 bridgehead atoms. The topological polar surface area (TPSA) is 55.1 Å². The largest absolute Gasteiger partial charge is 0.399 e. The van der Waals surface area contributed by atoms with Gasteiger partial charge in [-0.15, -0.1) is 0 Å². The highest BCUT2D eigenvalue weighted by molar-refractivity contribution is 5.92. The van der Waals surface area contributed by atoms with Gasteiger partial charge < -0.3 is 11.1 Å². The number of hydrogen-bond acceptors (Lipinski definition) is 2. The number of carbonyl (C=O) groups excluding carboxylic acids is 1. The monoisotopic (exact) mass is 286 g/mol. The van der Waals surface area contributed by atoms with Gasteiger partial charge >= 0.3 is 0 Å². The molecule has 0 aliphatic carbocycles. The molecule has 0 spiro atoms. The molecule has 110 valence electrons. The van der Waals surface area contributed by atoms with E-state index in [4.69, 9.17) is 5.73 Å². The number of anilines is 2. The van der Waals surface area contributed by atoms with Gasteiger partial charge in [0.05, 0.1) is 5.69 Å². The van der Waals surface area contributed by atoms with Crippen molar-refractivity contribution >= 4 is 17.3 Å². The van der Waals surface area contributed by atoms with Crippen molar-refractivity contribution in [3.8, 4) is 0 Å². The van der Waals surface area contributed by atoms with E-state index in [0.717, 1.165) is 5.56 Å². The highest BCUT2D eigenvalue weighted by Gasteiger charge is 2.14. The van der Waals surface area contributed by atoms with Gasteiger partial charge in [0.2, 0.25) is 5.91 Å². The average Bonchev–Trinajstić information content (AvgIpc) is 2.43. The van der Waals surface area contributed by atoms with E-state index >= 15 is 0 Å². The van der Waals surface area contributed by atoms with Crippen LogP contribution in [0.25, 0.3) is 0 Å². The molecule has 2 rings (SSSR count). The number of aryl methyl sites for hydroxylation is 1. The average molecular weight is 286 g/mol. The van der Waals surface area contributed by atoms with E-state index in [1.165, 1.54) is 6.07 Å². The third-order valence-electron chi connectivity index (χ3n) is 3.48. The fourth-order valence-corrected chi connectivity index (χ4v) is 2.20. The maximum atomic E-state index is 13.7. The van der Waals surface area contributed by atoms with Gasteiger partial charge in [-0.1, -0.05) is 31.2 Å². The van der Waals surface area contributed by atoms with Crippen LogP contribution in [0.5, 0.6) is 0 Å². The van der Waals surface area contributed by atoms with E-state index in [1.807, 2.05) is 31.2 Å².